The van der Waals surface area contributed by atoms with E-state index in [2.05, 4.69) is 0 Å². The Morgan fingerprint density at radius 1 is 1.35 bits per heavy atom. The van der Waals surface area contributed by atoms with E-state index in [1.54, 1.807) is 6.07 Å². The van der Waals surface area contributed by atoms with Gasteiger partial charge in [-0.15, -0.1) is 0 Å². The molecule has 0 amide bonds. The molecule has 0 heterocycles. The molecule has 136 valence electrons. The van der Waals surface area contributed by atoms with Crippen LogP contribution in [-0.4, -0.2) is 19.8 Å². The van der Waals surface area contributed by atoms with Crippen LogP contribution in [0.5, 0.6) is 11.5 Å². The molecule has 1 aliphatic carbocycles. The summed E-state index contributed by atoms with van der Waals surface area (Å²) in [5, 5.41) is 18.8. The van der Waals surface area contributed by atoms with Crippen LogP contribution in [-0.2, 0) is 23.3 Å². The molecule has 0 bridgehead atoms. The molecule has 2 aromatic rings. The number of rotatable bonds is 4. The maximum Gasteiger partial charge on any atom is 0.281 e. The first-order chi connectivity index (χ1) is 12.2. The van der Waals surface area contributed by atoms with Gasteiger partial charge in [-0.25, -0.2) is 17.4 Å². The van der Waals surface area contributed by atoms with E-state index in [0.717, 1.165) is 12.1 Å². The van der Waals surface area contributed by atoms with Crippen molar-refractivity contribution in [3.8, 4) is 17.6 Å². The van der Waals surface area contributed by atoms with Crippen LogP contribution in [0.25, 0.3) is 0 Å². The first-order valence-electron chi connectivity index (χ1n) is 7.38. The first-order valence-corrected chi connectivity index (χ1v) is 8.65. The lowest BCUT2D eigenvalue weighted by molar-refractivity contribution is -0.0970. The van der Waals surface area contributed by atoms with Crippen molar-refractivity contribution < 1.29 is 31.8 Å². The minimum Gasteiger partial charge on any atom is -0.457 e. The van der Waals surface area contributed by atoms with Gasteiger partial charge in [-0.1, -0.05) is 6.07 Å². The Bertz CT molecular complexity index is 942. The molecule has 2 N–H and O–H groups in total. The fourth-order valence-corrected chi connectivity index (χ4v) is 3.45. The van der Waals surface area contributed by atoms with Crippen molar-refractivity contribution in [2.24, 2.45) is 0 Å². The quantitative estimate of drug-likeness (QED) is 0.790. The van der Waals surface area contributed by atoms with Gasteiger partial charge in [0.2, 0.25) is 0 Å². The minimum atomic E-state index is -3.47. The minimum absolute atomic E-state index is 0.00527. The Kier molecular flexibility index (Phi) is 4.75. The zero-order valence-electron chi connectivity index (χ0n) is 13.1. The number of aliphatic hydroxyl groups is 1. The molecule has 1 unspecified atom stereocenters. The smallest absolute Gasteiger partial charge is 0.281 e. The summed E-state index contributed by atoms with van der Waals surface area (Å²) in [7, 11) is 0. The van der Waals surface area contributed by atoms with Gasteiger partial charge in [0.1, 0.15) is 23.4 Å². The number of halogens is 3. The fraction of sp³-hybridized carbons (Fsp3) is 0.235. The van der Waals surface area contributed by atoms with Gasteiger partial charge in [0.05, 0.1) is 17.4 Å². The maximum atomic E-state index is 14.0. The third-order valence-electron chi connectivity index (χ3n) is 4.00. The van der Waals surface area contributed by atoms with E-state index in [1.807, 2.05) is 0 Å². The van der Waals surface area contributed by atoms with E-state index < -0.39 is 41.1 Å². The lowest BCUT2D eigenvalue weighted by Gasteiger charge is -2.16. The van der Waals surface area contributed by atoms with Crippen molar-refractivity contribution in [2.75, 3.05) is 0 Å². The molecule has 3 rings (SSSR count). The van der Waals surface area contributed by atoms with Gasteiger partial charge in [0.15, 0.2) is 11.1 Å². The van der Waals surface area contributed by atoms with Crippen LogP contribution in [0.15, 0.2) is 30.3 Å². The van der Waals surface area contributed by atoms with Crippen molar-refractivity contribution in [1.82, 2.24) is 0 Å². The molecule has 2 atom stereocenters. The highest BCUT2D eigenvalue weighted by Crippen LogP contribution is 2.48. The molecule has 0 spiro atoms. The maximum absolute atomic E-state index is 14.0. The van der Waals surface area contributed by atoms with Gasteiger partial charge in [0.25, 0.3) is 5.92 Å². The molecule has 2 aromatic carbocycles. The number of hydrogen-bond donors (Lipinski definition) is 2. The zero-order valence-corrected chi connectivity index (χ0v) is 13.9. The van der Waals surface area contributed by atoms with Crippen molar-refractivity contribution in [1.29, 1.82) is 5.26 Å². The van der Waals surface area contributed by atoms with E-state index >= 15 is 0 Å². The fourth-order valence-electron chi connectivity index (χ4n) is 2.93. The molecule has 0 radical (unpaired) electrons. The number of aliphatic hydroxyl groups excluding tert-OH is 1. The number of hydrogen-bond acceptors (Lipinski definition) is 4. The number of fused-ring (bicyclic) bond motifs is 1. The Morgan fingerprint density at radius 3 is 2.73 bits per heavy atom. The van der Waals surface area contributed by atoms with Crippen LogP contribution < -0.4 is 4.74 Å². The Labute approximate surface area is 148 Å². The van der Waals surface area contributed by atoms with E-state index in [4.69, 9.17) is 14.6 Å². The molecular weight excluding hydrogens is 371 g/mol. The summed E-state index contributed by atoms with van der Waals surface area (Å²) < 4.78 is 67.1. The number of nitriles is 1. The average molecular weight is 383 g/mol. The van der Waals surface area contributed by atoms with Crippen molar-refractivity contribution in [2.45, 2.75) is 24.2 Å². The van der Waals surface area contributed by atoms with Crippen molar-refractivity contribution in [3.05, 3.63) is 58.4 Å². The molecule has 0 saturated carbocycles. The molecule has 1 aliphatic rings. The van der Waals surface area contributed by atoms with Gasteiger partial charge in [-0.3, -0.25) is 0 Å². The highest BCUT2D eigenvalue weighted by Gasteiger charge is 2.49. The third kappa shape index (κ3) is 3.44. The molecule has 0 fully saturated rings. The summed E-state index contributed by atoms with van der Waals surface area (Å²) in [6, 6.07) is 7.60. The van der Waals surface area contributed by atoms with Gasteiger partial charge in [-0.05, 0) is 29.3 Å². The predicted octanol–water partition coefficient (Wildman–Crippen LogP) is 3.44. The topological polar surface area (TPSA) is 90.5 Å². The van der Waals surface area contributed by atoms with E-state index in [1.165, 1.54) is 18.2 Å². The number of benzene rings is 2. The van der Waals surface area contributed by atoms with Crippen LogP contribution in [0, 0.1) is 17.1 Å². The predicted molar refractivity (Wildman–Crippen MR) is 85.7 cm³/mol. The number of nitrogens with zero attached hydrogens (tertiary/aromatic N) is 1. The largest absolute Gasteiger partial charge is 0.457 e. The van der Waals surface area contributed by atoms with Crippen molar-refractivity contribution >= 4 is 11.1 Å². The summed E-state index contributed by atoms with van der Waals surface area (Å²) in [4.78, 5) is 0. The summed E-state index contributed by atoms with van der Waals surface area (Å²) in [6.07, 6.45) is -2.97. The van der Waals surface area contributed by atoms with Gasteiger partial charge >= 0.3 is 0 Å². The first kappa shape index (κ1) is 18.4. The normalized spacial score (nSPS) is 18.8. The summed E-state index contributed by atoms with van der Waals surface area (Å²) in [5.41, 5.74) is -0.0795. The molecule has 9 heteroatoms. The molecular formula is C17H12F3NO4S. The lowest BCUT2D eigenvalue weighted by atomic mass is 10.0. The van der Waals surface area contributed by atoms with Gasteiger partial charge in [-0.2, -0.15) is 5.26 Å². The third-order valence-corrected chi connectivity index (χ3v) is 4.56. The van der Waals surface area contributed by atoms with Crippen LogP contribution in [0.3, 0.4) is 0 Å². The second kappa shape index (κ2) is 6.72. The Balaban J connectivity index is 2.07. The summed E-state index contributed by atoms with van der Waals surface area (Å²) >= 11 is -2.28. The molecule has 0 aliphatic heterocycles. The number of ether oxygens (including phenoxy) is 1. The molecule has 0 aromatic heterocycles. The van der Waals surface area contributed by atoms with Crippen LogP contribution >= 0.6 is 0 Å². The summed E-state index contributed by atoms with van der Waals surface area (Å²) in [6.45, 7) is 0. The second-order valence-electron chi connectivity index (χ2n) is 5.81. The highest BCUT2D eigenvalue weighted by atomic mass is 32.2. The SMILES string of the molecule is N#Cc1cc(F)cc(Oc2ccc(CS(=O)O)c3c2CC(F)(F)[C@H]3O)c1. The molecule has 5 nitrogen and oxygen atoms in total. The number of alkyl halides is 2. The van der Waals surface area contributed by atoms with Crippen molar-refractivity contribution in [3.63, 3.8) is 0 Å². The Morgan fingerprint density at radius 2 is 2.08 bits per heavy atom. The average Bonchev–Trinajstić information content (AvgIpc) is 2.79. The lowest BCUT2D eigenvalue weighted by Crippen LogP contribution is -2.22. The molecule has 26 heavy (non-hydrogen) atoms. The zero-order chi connectivity index (χ0) is 19.1. The monoisotopic (exact) mass is 383 g/mol. The highest BCUT2D eigenvalue weighted by molar-refractivity contribution is 7.78. The van der Waals surface area contributed by atoms with E-state index in [-0.39, 0.29) is 33.8 Å². The van der Waals surface area contributed by atoms with Crippen LogP contribution in [0.1, 0.15) is 28.4 Å². The molecule has 0 saturated heterocycles. The Hall–Kier alpha value is -2.41. The van der Waals surface area contributed by atoms with Gasteiger partial charge in [0, 0.05) is 18.1 Å². The van der Waals surface area contributed by atoms with E-state index in [9.17, 15) is 22.5 Å². The second-order valence-corrected chi connectivity index (χ2v) is 6.74. The standard InChI is InChI=1S/C17H12F3NO4S/c18-11-3-9(7-21)4-12(5-11)25-14-2-1-10(8-26(23)24)15-13(14)6-17(19,20)16(15)22/h1-5,16,22H,6,8H2,(H,23,24)/t16-/m0/s1. The van der Waals surface area contributed by atoms with Gasteiger partial charge < -0.3 is 14.4 Å². The summed E-state index contributed by atoms with van der Waals surface area (Å²) in [5.74, 6) is -4.72. The van der Waals surface area contributed by atoms with Crippen LogP contribution in [0.4, 0.5) is 13.2 Å². The van der Waals surface area contributed by atoms with Crippen LogP contribution in [0.2, 0.25) is 0 Å². The van der Waals surface area contributed by atoms with E-state index in [0.29, 0.717) is 0 Å².